The van der Waals surface area contributed by atoms with Crippen LogP contribution in [0.3, 0.4) is 0 Å². The molecule has 1 N–H and O–H groups in total. The third-order valence-electron chi connectivity index (χ3n) is 4.11. The molecule has 0 radical (unpaired) electrons. The number of rotatable bonds is 5. The summed E-state index contributed by atoms with van der Waals surface area (Å²) in [6.07, 6.45) is 1.21. The molecule has 3 nitrogen and oxygen atoms in total. The molecular weight excluding hydrogens is 292 g/mol. The van der Waals surface area contributed by atoms with E-state index in [2.05, 4.69) is 51.3 Å². The third-order valence-corrected chi connectivity index (χ3v) is 4.81. The van der Waals surface area contributed by atoms with Crippen molar-refractivity contribution in [3.05, 3.63) is 52.2 Å². The standard InChI is InChI=1S/C18H24N2OS/c1-2-21-17-6-4-15(5-7-17)18(16-8-13-22-14-16)20-11-3-9-19-10-12-20/h4-8,13-14,18-19H,2-3,9-12H2,1H3. The molecule has 0 aliphatic carbocycles. The molecule has 1 fully saturated rings. The van der Waals surface area contributed by atoms with Crippen molar-refractivity contribution in [1.82, 2.24) is 10.2 Å². The Morgan fingerprint density at radius 1 is 1.14 bits per heavy atom. The van der Waals surface area contributed by atoms with Crippen LogP contribution in [0, 0.1) is 0 Å². The van der Waals surface area contributed by atoms with Gasteiger partial charge in [-0.25, -0.2) is 0 Å². The third kappa shape index (κ3) is 3.69. The molecule has 0 bridgehead atoms. The van der Waals surface area contributed by atoms with E-state index in [1.807, 2.05) is 6.92 Å². The summed E-state index contributed by atoms with van der Waals surface area (Å²) in [5.74, 6) is 0.952. The second-order valence-corrected chi connectivity index (χ2v) is 6.38. The number of benzene rings is 1. The SMILES string of the molecule is CCOc1ccc(C(c2ccsc2)N2CCCNCC2)cc1. The van der Waals surface area contributed by atoms with E-state index in [9.17, 15) is 0 Å². The van der Waals surface area contributed by atoms with Crippen LogP contribution in [-0.2, 0) is 0 Å². The van der Waals surface area contributed by atoms with E-state index in [1.165, 1.54) is 17.5 Å². The second kappa shape index (κ2) is 7.77. The predicted octanol–water partition coefficient (Wildman–Crippen LogP) is 3.53. The monoisotopic (exact) mass is 316 g/mol. The predicted molar refractivity (Wildman–Crippen MR) is 92.8 cm³/mol. The van der Waals surface area contributed by atoms with Gasteiger partial charge >= 0.3 is 0 Å². The molecule has 1 aliphatic heterocycles. The molecule has 0 amide bonds. The summed E-state index contributed by atoms with van der Waals surface area (Å²) in [5, 5.41) is 7.95. The lowest BCUT2D eigenvalue weighted by atomic mass is 9.99. The van der Waals surface area contributed by atoms with Crippen LogP contribution in [0.2, 0.25) is 0 Å². The van der Waals surface area contributed by atoms with E-state index in [0.29, 0.717) is 12.6 Å². The Bertz CT molecular complexity index is 545. The van der Waals surface area contributed by atoms with Crippen LogP contribution in [0.25, 0.3) is 0 Å². The molecular formula is C18H24N2OS. The largest absolute Gasteiger partial charge is 0.494 e. The highest BCUT2D eigenvalue weighted by atomic mass is 32.1. The number of hydrogen-bond donors (Lipinski definition) is 1. The van der Waals surface area contributed by atoms with E-state index in [-0.39, 0.29) is 0 Å². The highest BCUT2D eigenvalue weighted by Gasteiger charge is 2.23. The number of nitrogens with zero attached hydrogens (tertiary/aromatic N) is 1. The van der Waals surface area contributed by atoms with Gasteiger partial charge in [0, 0.05) is 19.6 Å². The zero-order chi connectivity index (χ0) is 15.2. The molecule has 1 aliphatic rings. The average Bonchev–Trinajstić information content (AvgIpc) is 2.93. The van der Waals surface area contributed by atoms with Gasteiger partial charge in [-0.15, -0.1) is 0 Å². The van der Waals surface area contributed by atoms with Crippen molar-refractivity contribution >= 4 is 11.3 Å². The van der Waals surface area contributed by atoms with Gasteiger partial charge in [0.2, 0.25) is 0 Å². The number of ether oxygens (including phenoxy) is 1. The Morgan fingerprint density at radius 3 is 2.73 bits per heavy atom. The topological polar surface area (TPSA) is 24.5 Å². The second-order valence-electron chi connectivity index (χ2n) is 5.60. The van der Waals surface area contributed by atoms with Gasteiger partial charge in [-0.2, -0.15) is 11.3 Å². The van der Waals surface area contributed by atoms with Crippen LogP contribution in [0.1, 0.15) is 30.5 Å². The molecule has 0 saturated carbocycles. The van der Waals surface area contributed by atoms with Gasteiger partial charge < -0.3 is 10.1 Å². The zero-order valence-electron chi connectivity index (χ0n) is 13.1. The van der Waals surface area contributed by atoms with Gasteiger partial charge in [0.25, 0.3) is 0 Å². The fourth-order valence-electron chi connectivity index (χ4n) is 3.08. The number of thiophene rings is 1. The van der Waals surface area contributed by atoms with Gasteiger partial charge in [-0.05, 0) is 60.0 Å². The molecule has 1 atom stereocenters. The Morgan fingerprint density at radius 2 is 2.00 bits per heavy atom. The maximum Gasteiger partial charge on any atom is 0.119 e. The summed E-state index contributed by atoms with van der Waals surface area (Å²) in [6, 6.07) is 11.2. The van der Waals surface area contributed by atoms with E-state index in [4.69, 9.17) is 4.74 Å². The minimum absolute atomic E-state index is 0.349. The fourth-order valence-corrected chi connectivity index (χ4v) is 3.76. The van der Waals surface area contributed by atoms with Gasteiger partial charge in [-0.1, -0.05) is 12.1 Å². The van der Waals surface area contributed by atoms with E-state index < -0.39 is 0 Å². The first kappa shape index (κ1) is 15.5. The summed E-state index contributed by atoms with van der Waals surface area (Å²) < 4.78 is 5.58. The summed E-state index contributed by atoms with van der Waals surface area (Å²) in [6.45, 7) is 7.15. The molecule has 0 spiro atoms. The first-order chi connectivity index (χ1) is 10.9. The van der Waals surface area contributed by atoms with Crippen LogP contribution in [0.5, 0.6) is 5.75 Å². The first-order valence-electron chi connectivity index (χ1n) is 8.08. The van der Waals surface area contributed by atoms with Crippen molar-refractivity contribution in [3.63, 3.8) is 0 Å². The van der Waals surface area contributed by atoms with Crippen molar-refractivity contribution in [2.75, 3.05) is 32.8 Å². The van der Waals surface area contributed by atoms with Crippen molar-refractivity contribution in [2.24, 2.45) is 0 Å². The smallest absolute Gasteiger partial charge is 0.119 e. The van der Waals surface area contributed by atoms with Gasteiger partial charge in [0.15, 0.2) is 0 Å². The maximum atomic E-state index is 5.58. The Labute approximate surface area is 136 Å². The Kier molecular flexibility index (Phi) is 5.48. The number of nitrogens with one attached hydrogen (secondary N) is 1. The fraction of sp³-hybridized carbons (Fsp3) is 0.444. The Balaban J connectivity index is 1.87. The normalized spacial score (nSPS) is 17.9. The molecule has 1 unspecified atom stereocenters. The molecule has 22 heavy (non-hydrogen) atoms. The van der Waals surface area contributed by atoms with Crippen LogP contribution >= 0.6 is 11.3 Å². The molecule has 2 aromatic rings. The summed E-state index contributed by atoms with van der Waals surface area (Å²) in [4.78, 5) is 2.59. The molecule has 1 aromatic heterocycles. The van der Waals surface area contributed by atoms with E-state index >= 15 is 0 Å². The minimum atomic E-state index is 0.349. The van der Waals surface area contributed by atoms with E-state index in [0.717, 1.165) is 31.9 Å². The van der Waals surface area contributed by atoms with Crippen molar-refractivity contribution < 1.29 is 4.74 Å². The number of hydrogen-bond acceptors (Lipinski definition) is 4. The van der Waals surface area contributed by atoms with Crippen LogP contribution in [0.15, 0.2) is 41.1 Å². The summed E-state index contributed by atoms with van der Waals surface area (Å²) in [7, 11) is 0. The van der Waals surface area contributed by atoms with Gasteiger partial charge in [-0.3, -0.25) is 4.90 Å². The summed E-state index contributed by atoms with van der Waals surface area (Å²) in [5.41, 5.74) is 2.75. The maximum absolute atomic E-state index is 5.58. The molecule has 118 valence electrons. The van der Waals surface area contributed by atoms with Crippen LogP contribution in [-0.4, -0.2) is 37.7 Å². The molecule has 2 heterocycles. The molecule has 4 heteroatoms. The molecule has 1 saturated heterocycles. The van der Waals surface area contributed by atoms with Crippen LogP contribution < -0.4 is 10.1 Å². The van der Waals surface area contributed by atoms with E-state index in [1.54, 1.807) is 11.3 Å². The average molecular weight is 316 g/mol. The lowest BCUT2D eigenvalue weighted by Gasteiger charge is -2.30. The minimum Gasteiger partial charge on any atom is -0.494 e. The molecule has 3 rings (SSSR count). The van der Waals surface area contributed by atoms with Gasteiger partial charge in [0.1, 0.15) is 5.75 Å². The van der Waals surface area contributed by atoms with Crippen molar-refractivity contribution in [3.8, 4) is 5.75 Å². The quantitative estimate of drug-likeness (QED) is 0.913. The summed E-state index contributed by atoms with van der Waals surface area (Å²) >= 11 is 1.78. The lowest BCUT2D eigenvalue weighted by Crippen LogP contribution is -2.32. The van der Waals surface area contributed by atoms with Crippen LogP contribution in [0.4, 0.5) is 0 Å². The lowest BCUT2D eigenvalue weighted by molar-refractivity contribution is 0.241. The first-order valence-corrected chi connectivity index (χ1v) is 9.02. The van der Waals surface area contributed by atoms with Crippen molar-refractivity contribution in [1.29, 1.82) is 0 Å². The zero-order valence-corrected chi connectivity index (χ0v) is 13.9. The highest BCUT2D eigenvalue weighted by molar-refractivity contribution is 7.08. The van der Waals surface area contributed by atoms with Crippen molar-refractivity contribution in [2.45, 2.75) is 19.4 Å². The molecule has 1 aromatic carbocycles. The Hall–Kier alpha value is -1.36. The van der Waals surface area contributed by atoms with Gasteiger partial charge in [0.05, 0.1) is 12.6 Å². The highest BCUT2D eigenvalue weighted by Crippen LogP contribution is 2.31.